The lowest BCUT2D eigenvalue weighted by atomic mass is 10.3. The maximum atomic E-state index is 5.08. The molecule has 0 fully saturated rings. The molecule has 0 amide bonds. The molecule has 0 bridgehead atoms. The number of rotatable bonds is 6. The molecule has 0 radical (unpaired) electrons. The molecule has 1 heterocycles. The largest absolute Gasteiger partial charge is 0.382 e. The van der Waals surface area contributed by atoms with Crippen LogP contribution in [0.1, 0.15) is 25.7 Å². The Bertz CT molecular complexity index is 261. The second kappa shape index (κ2) is 5.72. The molecule has 1 N–H and O–H groups in total. The van der Waals surface area contributed by atoms with Crippen LogP contribution < -0.4 is 5.32 Å². The van der Waals surface area contributed by atoms with E-state index in [4.69, 9.17) is 4.74 Å². The Morgan fingerprint density at radius 3 is 3.07 bits per heavy atom. The van der Waals surface area contributed by atoms with Gasteiger partial charge in [0.25, 0.3) is 0 Å². The fourth-order valence-electron chi connectivity index (χ4n) is 1.32. The quantitative estimate of drug-likeness (QED) is 0.727. The van der Waals surface area contributed by atoms with E-state index in [2.05, 4.69) is 29.2 Å². The monoisotopic (exact) mass is 198 g/mol. The minimum atomic E-state index is 0.233. The Labute approximate surface area is 84.5 Å². The molecule has 80 valence electrons. The van der Waals surface area contributed by atoms with Gasteiger partial charge in [0.2, 0.25) is 0 Å². The summed E-state index contributed by atoms with van der Waals surface area (Å²) in [5, 5.41) is 7.40. The van der Waals surface area contributed by atoms with Crippen molar-refractivity contribution >= 4 is 0 Å². The second-order valence-corrected chi connectivity index (χ2v) is 3.21. The van der Waals surface area contributed by atoms with Gasteiger partial charge in [0.05, 0.1) is 19.2 Å². The molecule has 5 heteroatoms. The van der Waals surface area contributed by atoms with Gasteiger partial charge in [-0.2, -0.15) is 5.10 Å². The first kappa shape index (κ1) is 11.1. The molecular formula is C9H18N4O. The van der Waals surface area contributed by atoms with Gasteiger partial charge in [0.15, 0.2) is 0 Å². The van der Waals surface area contributed by atoms with E-state index in [9.17, 15) is 0 Å². The van der Waals surface area contributed by atoms with Crippen molar-refractivity contribution in [2.75, 3.05) is 20.3 Å². The Kier molecular flexibility index (Phi) is 4.55. The van der Waals surface area contributed by atoms with Crippen LogP contribution in [0.3, 0.4) is 0 Å². The summed E-state index contributed by atoms with van der Waals surface area (Å²) in [6.07, 6.45) is 1.58. The molecule has 0 saturated heterocycles. The fraction of sp³-hybridized carbons (Fsp3) is 0.778. The van der Waals surface area contributed by atoms with E-state index in [1.807, 2.05) is 4.68 Å². The highest BCUT2D eigenvalue weighted by Crippen LogP contribution is 2.06. The fourth-order valence-corrected chi connectivity index (χ4v) is 1.32. The lowest BCUT2D eigenvalue weighted by Gasteiger charge is -2.13. The molecular weight excluding hydrogens is 180 g/mol. The summed E-state index contributed by atoms with van der Waals surface area (Å²) in [7, 11) is 1.69. The number of nitrogens with zero attached hydrogens (tertiary/aromatic N) is 3. The van der Waals surface area contributed by atoms with Crippen molar-refractivity contribution in [3.8, 4) is 0 Å². The van der Waals surface area contributed by atoms with Crippen molar-refractivity contribution in [2.24, 2.45) is 0 Å². The highest BCUT2D eigenvalue weighted by atomic mass is 16.5. The van der Waals surface area contributed by atoms with Crippen molar-refractivity contribution in [3.05, 3.63) is 12.2 Å². The maximum Gasteiger partial charge on any atom is 0.141 e. The molecule has 1 aromatic rings. The number of ether oxygens (including phenoxy) is 1. The summed E-state index contributed by atoms with van der Waals surface area (Å²) in [5.41, 5.74) is 0. The van der Waals surface area contributed by atoms with Crippen LogP contribution in [0.25, 0.3) is 0 Å². The van der Waals surface area contributed by atoms with Gasteiger partial charge >= 0.3 is 0 Å². The van der Waals surface area contributed by atoms with Crippen LogP contribution in [-0.4, -0.2) is 35.0 Å². The molecule has 5 nitrogen and oxygen atoms in total. The van der Waals surface area contributed by atoms with Crippen LogP contribution in [0.4, 0.5) is 0 Å². The van der Waals surface area contributed by atoms with Crippen LogP contribution in [0.2, 0.25) is 0 Å². The normalized spacial score (nSPS) is 13.1. The molecule has 1 aromatic heterocycles. The first-order valence-electron chi connectivity index (χ1n) is 4.87. The van der Waals surface area contributed by atoms with Gasteiger partial charge in [-0.1, -0.05) is 6.92 Å². The Balaban J connectivity index is 2.61. The van der Waals surface area contributed by atoms with Gasteiger partial charge in [0.1, 0.15) is 12.2 Å². The number of hydrogen-bond donors (Lipinski definition) is 1. The summed E-state index contributed by atoms with van der Waals surface area (Å²) in [6, 6.07) is 0.233. The number of nitrogens with one attached hydrogen (secondary N) is 1. The molecule has 0 aromatic carbocycles. The highest BCUT2D eigenvalue weighted by molar-refractivity contribution is 4.86. The van der Waals surface area contributed by atoms with E-state index in [0.717, 1.165) is 18.9 Å². The van der Waals surface area contributed by atoms with E-state index < -0.39 is 0 Å². The molecule has 14 heavy (non-hydrogen) atoms. The van der Waals surface area contributed by atoms with E-state index in [0.29, 0.717) is 6.61 Å². The van der Waals surface area contributed by atoms with Crippen LogP contribution in [0, 0.1) is 0 Å². The van der Waals surface area contributed by atoms with Crippen LogP contribution in [0.5, 0.6) is 0 Å². The predicted molar refractivity (Wildman–Crippen MR) is 54.0 cm³/mol. The Morgan fingerprint density at radius 2 is 2.43 bits per heavy atom. The Morgan fingerprint density at radius 1 is 1.64 bits per heavy atom. The zero-order chi connectivity index (χ0) is 10.4. The number of methoxy groups -OCH3 is 1. The molecule has 0 aliphatic heterocycles. The molecule has 0 spiro atoms. The topological polar surface area (TPSA) is 52.0 Å². The minimum absolute atomic E-state index is 0.233. The molecule has 1 unspecified atom stereocenters. The zero-order valence-electron chi connectivity index (χ0n) is 9.03. The third kappa shape index (κ3) is 2.78. The SMILES string of the molecule is CCNCc1ncnn1C(C)COC. The third-order valence-electron chi connectivity index (χ3n) is 2.01. The standard InChI is InChI=1S/C9H18N4O/c1-4-10-5-9-11-7-12-13(9)8(2)6-14-3/h7-8,10H,4-6H2,1-3H3. The van der Waals surface area contributed by atoms with E-state index in [-0.39, 0.29) is 6.04 Å². The van der Waals surface area contributed by atoms with Crippen molar-refractivity contribution in [1.82, 2.24) is 20.1 Å². The van der Waals surface area contributed by atoms with Gasteiger partial charge in [-0.3, -0.25) is 0 Å². The maximum absolute atomic E-state index is 5.08. The lowest BCUT2D eigenvalue weighted by Crippen LogP contribution is -2.20. The van der Waals surface area contributed by atoms with Gasteiger partial charge in [0, 0.05) is 7.11 Å². The smallest absolute Gasteiger partial charge is 0.141 e. The van der Waals surface area contributed by atoms with Crippen LogP contribution in [-0.2, 0) is 11.3 Å². The second-order valence-electron chi connectivity index (χ2n) is 3.21. The van der Waals surface area contributed by atoms with E-state index in [1.165, 1.54) is 0 Å². The molecule has 0 aliphatic rings. The van der Waals surface area contributed by atoms with Gasteiger partial charge in [-0.15, -0.1) is 0 Å². The van der Waals surface area contributed by atoms with Gasteiger partial charge < -0.3 is 10.1 Å². The first-order chi connectivity index (χ1) is 6.79. The summed E-state index contributed by atoms with van der Waals surface area (Å²) >= 11 is 0. The zero-order valence-corrected chi connectivity index (χ0v) is 9.03. The molecule has 1 rings (SSSR count). The van der Waals surface area contributed by atoms with Gasteiger partial charge in [-0.05, 0) is 13.5 Å². The minimum Gasteiger partial charge on any atom is -0.382 e. The summed E-state index contributed by atoms with van der Waals surface area (Å²) in [4.78, 5) is 4.19. The van der Waals surface area contributed by atoms with E-state index in [1.54, 1.807) is 13.4 Å². The average molecular weight is 198 g/mol. The molecule has 1 atom stereocenters. The van der Waals surface area contributed by atoms with Crippen molar-refractivity contribution in [1.29, 1.82) is 0 Å². The van der Waals surface area contributed by atoms with Crippen LogP contribution in [0.15, 0.2) is 6.33 Å². The summed E-state index contributed by atoms with van der Waals surface area (Å²) < 4.78 is 6.97. The number of hydrogen-bond acceptors (Lipinski definition) is 4. The molecule has 0 saturated carbocycles. The summed E-state index contributed by atoms with van der Waals surface area (Å²) in [5.74, 6) is 0.955. The predicted octanol–water partition coefficient (Wildman–Crippen LogP) is 0.595. The van der Waals surface area contributed by atoms with E-state index >= 15 is 0 Å². The highest BCUT2D eigenvalue weighted by Gasteiger charge is 2.10. The van der Waals surface area contributed by atoms with Crippen molar-refractivity contribution in [3.63, 3.8) is 0 Å². The Hall–Kier alpha value is -0.940. The van der Waals surface area contributed by atoms with Crippen LogP contribution >= 0.6 is 0 Å². The third-order valence-corrected chi connectivity index (χ3v) is 2.01. The van der Waals surface area contributed by atoms with Crippen molar-refractivity contribution in [2.45, 2.75) is 26.4 Å². The first-order valence-corrected chi connectivity index (χ1v) is 4.87. The van der Waals surface area contributed by atoms with Gasteiger partial charge in [-0.25, -0.2) is 9.67 Å². The number of aromatic nitrogens is 3. The molecule has 0 aliphatic carbocycles. The average Bonchev–Trinajstić information content (AvgIpc) is 2.63. The van der Waals surface area contributed by atoms with Crippen molar-refractivity contribution < 1.29 is 4.74 Å². The lowest BCUT2D eigenvalue weighted by molar-refractivity contribution is 0.155. The summed E-state index contributed by atoms with van der Waals surface area (Å²) in [6.45, 7) is 6.48.